The molecule has 6 aromatic rings. The molecular weight excluding hydrogens is 1020 g/mol. The van der Waals surface area contributed by atoms with Gasteiger partial charge in [-0.25, -0.2) is 19.6 Å². The number of amides is 4. The maximum atomic E-state index is 14.4. The number of oxazole rings is 2. The SMILES string of the molecule is CN[C@@H](C)C(=O)N[C@H](C(=O)N1CCC[C@H]1c1nc(C(=O)OC)c(-c2cn(CCCCCCn3cc(-c4oc([C@@H]5CCCN5C(=O)[C@@H](NC(=O)[C@H](C)NC)C(C)(C)C)nc4C(=O)OC)c4ccccc43)c3ccccc23)o1)C(C)(C)C. The van der Waals surface area contributed by atoms with E-state index in [2.05, 4.69) is 30.4 Å². The topological polar surface area (TPSA) is 237 Å². The van der Waals surface area contributed by atoms with Gasteiger partial charge in [0, 0.05) is 71.5 Å². The third-order valence-corrected chi connectivity index (χ3v) is 15.8. The zero-order chi connectivity index (χ0) is 57.8. The Labute approximate surface area is 468 Å². The van der Waals surface area contributed by atoms with Crippen molar-refractivity contribution in [2.24, 2.45) is 10.8 Å². The predicted octanol–water partition coefficient (Wildman–Crippen LogP) is 8.34. The highest BCUT2D eigenvalue weighted by Crippen LogP contribution is 2.42. The third kappa shape index (κ3) is 12.2. The Morgan fingerprint density at radius 3 is 1.32 bits per heavy atom. The van der Waals surface area contributed by atoms with Gasteiger partial charge in [0.2, 0.25) is 35.4 Å². The van der Waals surface area contributed by atoms with Crippen LogP contribution in [0.5, 0.6) is 0 Å². The number of para-hydroxylation sites is 2. The van der Waals surface area contributed by atoms with Crippen molar-refractivity contribution >= 4 is 57.4 Å². The summed E-state index contributed by atoms with van der Waals surface area (Å²) in [6, 6.07) is 12.2. The molecule has 2 fully saturated rings. The Hall–Kier alpha value is -7.32. The number of benzene rings is 2. The van der Waals surface area contributed by atoms with Crippen molar-refractivity contribution in [3.05, 3.63) is 84.1 Å². The number of likely N-dealkylation sites (tertiary alicyclic amines) is 2. The molecule has 0 aliphatic carbocycles. The second-order valence-electron chi connectivity index (χ2n) is 23.4. The van der Waals surface area contributed by atoms with Crippen molar-refractivity contribution in [1.82, 2.24) is 50.2 Å². The first-order valence-corrected chi connectivity index (χ1v) is 28.0. The maximum absolute atomic E-state index is 14.4. The van der Waals surface area contributed by atoms with Crippen LogP contribution in [0.3, 0.4) is 0 Å². The highest BCUT2D eigenvalue weighted by Gasteiger charge is 2.45. The van der Waals surface area contributed by atoms with Gasteiger partial charge in [-0.3, -0.25) is 19.2 Å². The van der Waals surface area contributed by atoms with Crippen molar-refractivity contribution < 1.29 is 47.1 Å². The molecule has 0 unspecified atom stereocenters. The van der Waals surface area contributed by atoms with Gasteiger partial charge in [0.15, 0.2) is 22.9 Å². The largest absolute Gasteiger partial charge is 0.464 e. The molecule has 0 bridgehead atoms. The van der Waals surface area contributed by atoms with Gasteiger partial charge in [-0.1, -0.05) is 90.8 Å². The second-order valence-corrected chi connectivity index (χ2v) is 23.4. The summed E-state index contributed by atoms with van der Waals surface area (Å²) in [4.78, 5) is 94.6. The molecule has 2 aromatic carbocycles. The first-order valence-electron chi connectivity index (χ1n) is 28.0. The number of aromatic nitrogens is 4. The Morgan fingerprint density at radius 2 is 0.975 bits per heavy atom. The lowest BCUT2D eigenvalue weighted by Crippen LogP contribution is -2.57. The van der Waals surface area contributed by atoms with Crippen LogP contribution < -0.4 is 21.3 Å². The van der Waals surface area contributed by atoms with Gasteiger partial charge in [-0.05, 0) is 89.4 Å². The van der Waals surface area contributed by atoms with Gasteiger partial charge in [-0.2, -0.15) is 0 Å². The zero-order valence-electron chi connectivity index (χ0n) is 48.5. The van der Waals surface area contributed by atoms with Crippen LogP contribution in [-0.2, 0) is 41.7 Å². The lowest BCUT2D eigenvalue weighted by Gasteiger charge is -2.35. The minimum absolute atomic E-state index is 0.0272. The van der Waals surface area contributed by atoms with Crippen LogP contribution in [0.1, 0.15) is 152 Å². The second kappa shape index (κ2) is 24.6. The van der Waals surface area contributed by atoms with E-state index in [0.717, 1.165) is 47.5 Å². The van der Waals surface area contributed by atoms with E-state index in [0.29, 0.717) is 63.0 Å². The molecule has 2 aliphatic rings. The summed E-state index contributed by atoms with van der Waals surface area (Å²) in [6.07, 6.45) is 10.1. The van der Waals surface area contributed by atoms with Crippen LogP contribution in [0, 0.1) is 10.8 Å². The van der Waals surface area contributed by atoms with Crippen LogP contribution >= 0.6 is 0 Å². The molecule has 20 nitrogen and oxygen atoms in total. The molecule has 2 saturated heterocycles. The summed E-state index contributed by atoms with van der Waals surface area (Å²) in [6.45, 7) is 17.2. The summed E-state index contributed by atoms with van der Waals surface area (Å²) < 4.78 is 28.0. The smallest absolute Gasteiger partial charge is 0.360 e. The molecule has 6 atom stereocenters. The van der Waals surface area contributed by atoms with E-state index in [1.54, 1.807) is 37.7 Å². The Morgan fingerprint density at radius 1 is 0.600 bits per heavy atom. The summed E-state index contributed by atoms with van der Waals surface area (Å²) >= 11 is 0. The highest BCUT2D eigenvalue weighted by atomic mass is 16.5. The van der Waals surface area contributed by atoms with Gasteiger partial charge < -0.3 is 58.5 Å². The van der Waals surface area contributed by atoms with E-state index in [4.69, 9.17) is 28.3 Å². The Balaban J connectivity index is 0.973. The minimum Gasteiger partial charge on any atom is -0.464 e. The van der Waals surface area contributed by atoms with Crippen LogP contribution in [-0.4, -0.2) is 130 Å². The number of carbonyl (C=O) groups excluding carboxylic acids is 6. The fraction of sp³-hybridized carbons (Fsp3) is 0.533. The van der Waals surface area contributed by atoms with Crippen LogP contribution in [0.15, 0.2) is 69.8 Å². The molecule has 0 saturated carbocycles. The van der Waals surface area contributed by atoms with E-state index >= 15 is 0 Å². The van der Waals surface area contributed by atoms with E-state index < -0.39 is 59.0 Å². The summed E-state index contributed by atoms with van der Waals surface area (Å²) in [5.74, 6) is -1.35. The first kappa shape index (κ1) is 58.8. The number of likely N-dealkylation sites (N-methyl/N-ethyl adjacent to an activating group) is 2. The number of fused-ring (bicyclic) bond motifs is 2. The van der Waals surface area contributed by atoms with Crippen LogP contribution in [0.4, 0.5) is 0 Å². The van der Waals surface area contributed by atoms with E-state index in [-0.39, 0.29) is 58.3 Å². The molecule has 2 aliphatic heterocycles. The number of nitrogens with zero attached hydrogens (tertiary/aromatic N) is 6. The molecule has 20 heteroatoms. The van der Waals surface area contributed by atoms with E-state index in [1.807, 2.05) is 102 Å². The molecule has 0 radical (unpaired) electrons. The van der Waals surface area contributed by atoms with Crippen molar-refractivity contribution in [3.8, 4) is 22.6 Å². The van der Waals surface area contributed by atoms with Crippen LogP contribution in [0.2, 0.25) is 0 Å². The number of carbonyl (C=O) groups is 6. The maximum Gasteiger partial charge on any atom is 0.360 e. The number of hydrogen-bond donors (Lipinski definition) is 4. The number of rotatable bonds is 21. The zero-order valence-corrected chi connectivity index (χ0v) is 48.5. The molecule has 0 spiro atoms. The fourth-order valence-electron chi connectivity index (χ4n) is 10.9. The first-order chi connectivity index (χ1) is 38.1. The van der Waals surface area contributed by atoms with Gasteiger partial charge in [0.05, 0.1) is 26.3 Å². The molecule has 430 valence electrons. The molecule has 80 heavy (non-hydrogen) atoms. The number of methoxy groups -OCH3 is 2. The van der Waals surface area contributed by atoms with Crippen molar-refractivity contribution in [1.29, 1.82) is 0 Å². The van der Waals surface area contributed by atoms with E-state index in [9.17, 15) is 28.8 Å². The Kier molecular flexibility index (Phi) is 18.1. The van der Waals surface area contributed by atoms with Gasteiger partial charge in [-0.15, -0.1) is 0 Å². The average Bonchev–Trinajstić information content (AvgIpc) is 4.42. The summed E-state index contributed by atoms with van der Waals surface area (Å²) in [7, 11) is 6.00. The Bertz CT molecular complexity index is 3010. The van der Waals surface area contributed by atoms with Crippen molar-refractivity contribution in [3.63, 3.8) is 0 Å². The van der Waals surface area contributed by atoms with Gasteiger partial charge >= 0.3 is 11.9 Å². The lowest BCUT2D eigenvalue weighted by atomic mass is 9.85. The average molecular weight is 1100 g/mol. The molecule has 4 aromatic heterocycles. The number of esters is 2. The number of aryl methyl sites for hydroxylation is 2. The normalized spacial score (nSPS) is 17.4. The molecule has 8 rings (SSSR count). The predicted molar refractivity (Wildman–Crippen MR) is 303 cm³/mol. The summed E-state index contributed by atoms with van der Waals surface area (Å²) in [5.41, 5.74) is 2.15. The summed E-state index contributed by atoms with van der Waals surface area (Å²) in [5, 5.41) is 13.6. The quantitative estimate of drug-likeness (QED) is 0.0392. The van der Waals surface area contributed by atoms with E-state index in [1.165, 1.54) is 14.2 Å². The lowest BCUT2D eigenvalue weighted by molar-refractivity contribution is -0.141. The van der Waals surface area contributed by atoms with Gasteiger partial charge in [0.25, 0.3) is 0 Å². The van der Waals surface area contributed by atoms with Crippen molar-refractivity contribution in [2.45, 2.75) is 156 Å². The fourth-order valence-corrected chi connectivity index (χ4v) is 10.9. The monoisotopic (exact) mass is 1100 g/mol. The van der Waals surface area contributed by atoms with Crippen LogP contribution in [0.25, 0.3) is 44.5 Å². The number of ether oxygens (including phenoxy) is 2. The molecule has 4 amide bonds. The standard InChI is InChI=1S/C60H80N10O10/c1-35(61-9)51(71)65-49(59(3,4)5)55(73)69-31-21-27-43(69)53-63-45(57(75)77-11)47(79-53)39-33-67(41-25-17-15-23-37(39)41)29-19-13-14-20-30-68-34-40(38-24-16-18-26-42(38)68)48-46(58(76)78-12)64-54(80-48)44-28-22-32-70(44)56(74)50(60(6,7)8)66-52(72)36(2)62-10/h15-18,23-26,33-36,43-44,49-50,61-62H,13-14,19-22,27-32H2,1-12H3,(H,65,71)(H,66,72)/t35-,36-,43-,44-,49+,50+/m0/s1. The number of unbranched alkanes of at least 4 members (excludes halogenated alkanes) is 3. The number of hydrogen-bond acceptors (Lipinski definition) is 14. The highest BCUT2D eigenvalue weighted by molar-refractivity contribution is 6.03. The minimum atomic E-state index is -0.817. The number of nitrogens with one attached hydrogen (secondary N) is 4. The molecular formula is C60H80N10O10. The van der Waals surface area contributed by atoms with Gasteiger partial charge in [0.1, 0.15) is 24.2 Å². The molecule has 6 heterocycles. The molecule has 4 N–H and O–H groups in total. The third-order valence-electron chi connectivity index (χ3n) is 15.8. The van der Waals surface area contributed by atoms with Crippen molar-refractivity contribution in [2.75, 3.05) is 41.4 Å².